The lowest BCUT2D eigenvalue weighted by atomic mass is 10.1. The van der Waals surface area contributed by atoms with Crippen molar-refractivity contribution in [3.05, 3.63) is 42.0 Å². The highest BCUT2D eigenvalue weighted by Crippen LogP contribution is 2.22. The first kappa shape index (κ1) is 10.6. The van der Waals surface area contributed by atoms with Gasteiger partial charge < -0.3 is 10.4 Å². The van der Waals surface area contributed by atoms with Crippen molar-refractivity contribution in [2.24, 2.45) is 0 Å². The van der Waals surface area contributed by atoms with Crippen molar-refractivity contribution in [3.8, 4) is 5.75 Å². The van der Waals surface area contributed by atoms with Gasteiger partial charge in [-0.1, -0.05) is 18.2 Å². The van der Waals surface area contributed by atoms with Gasteiger partial charge in [0.15, 0.2) is 0 Å². The van der Waals surface area contributed by atoms with Crippen molar-refractivity contribution in [1.82, 2.24) is 20.5 Å². The van der Waals surface area contributed by atoms with Gasteiger partial charge in [-0.2, -0.15) is 5.10 Å². The third-order valence-electron chi connectivity index (χ3n) is 2.44. The maximum atomic E-state index is 9.66. The summed E-state index contributed by atoms with van der Waals surface area (Å²) in [7, 11) is 0. The van der Waals surface area contributed by atoms with Crippen LogP contribution in [0.5, 0.6) is 5.75 Å². The number of hydrogen-bond acceptors (Lipinski definition) is 4. The summed E-state index contributed by atoms with van der Waals surface area (Å²) in [6, 6.07) is 7.35. The Labute approximate surface area is 93.5 Å². The summed E-state index contributed by atoms with van der Waals surface area (Å²) in [6.07, 6.45) is 1.47. The molecule has 0 bridgehead atoms. The molecular weight excluding hydrogens is 204 g/mol. The Morgan fingerprint density at radius 2 is 2.25 bits per heavy atom. The fourth-order valence-electron chi connectivity index (χ4n) is 1.53. The second-order valence-corrected chi connectivity index (χ2v) is 3.59. The highest BCUT2D eigenvalue weighted by atomic mass is 16.3. The molecule has 2 rings (SSSR count). The molecule has 5 heteroatoms. The van der Waals surface area contributed by atoms with Gasteiger partial charge in [-0.3, -0.25) is 5.10 Å². The van der Waals surface area contributed by atoms with Gasteiger partial charge in [0.1, 0.15) is 17.9 Å². The van der Waals surface area contributed by atoms with Gasteiger partial charge in [0.05, 0.1) is 6.54 Å². The highest BCUT2D eigenvalue weighted by Gasteiger charge is 2.09. The van der Waals surface area contributed by atoms with Crippen molar-refractivity contribution in [2.45, 2.75) is 19.5 Å². The molecule has 3 N–H and O–H groups in total. The van der Waals surface area contributed by atoms with E-state index in [1.54, 1.807) is 6.07 Å². The van der Waals surface area contributed by atoms with Crippen LogP contribution in [0.1, 0.15) is 24.4 Å². The number of phenolic OH excluding ortho intramolecular Hbond substituents is 1. The monoisotopic (exact) mass is 218 g/mol. The zero-order chi connectivity index (χ0) is 11.4. The van der Waals surface area contributed by atoms with E-state index >= 15 is 0 Å². The summed E-state index contributed by atoms with van der Waals surface area (Å²) in [5.74, 6) is 1.09. The number of phenols is 1. The van der Waals surface area contributed by atoms with Crippen LogP contribution in [-0.4, -0.2) is 20.3 Å². The zero-order valence-corrected chi connectivity index (χ0v) is 9.01. The number of nitrogens with one attached hydrogen (secondary N) is 2. The number of benzene rings is 1. The molecular formula is C11H14N4O. The van der Waals surface area contributed by atoms with E-state index in [9.17, 15) is 5.11 Å². The van der Waals surface area contributed by atoms with E-state index in [2.05, 4.69) is 20.5 Å². The average Bonchev–Trinajstić information content (AvgIpc) is 2.79. The van der Waals surface area contributed by atoms with Gasteiger partial charge in [0.25, 0.3) is 0 Å². The smallest absolute Gasteiger partial charge is 0.138 e. The number of H-pyrrole nitrogens is 1. The molecule has 0 aliphatic heterocycles. The fourth-order valence-corrected chi connectivity index (χ4v) is 1.53. The molecule has 0 spiro atoms. The van der Waals surface area contributed by atoms with E-state index in [0.717, 1.165) is 11.4 Å². The Morgan fingerprint density at radius 1 is 1.44 bits per heavy atom. The molecule has 5 nitrogen and oxygen atoms in total. The maximum Gasteiger partial charge on any atom is 0.138 e. The number of para-hydroxylation sites is 1. The molecule has 0 radical (unpaired) electrons. The third kappa shape index (κ3) is 2.38. The summed E-state index contributed by atoms with van der Waals surface area (Å²) in [5.41, 5.74) is 0.877. The summed E-state index contributed by atoms with van der Waals surface area (Å²) in [4.78, 5) is 4.01. The van der Waals surface area contributed by atoms with Crippen molar-refractivity contribution >= 4 is 0 Å². The van der Waals surface area contributed by atoms with E-state index < -0.39 is 0 Å². The summed E-state index contributed by atoms with van der Waals surface area (Å²) < 4.78 is 0. The van der Waals surface area contributed by atoms with Crippen LogP contribution in [-0.2, 0) is 6.54 Å². The molecule has 1 atom stereocenters. The topological polar surface area (TPSA) is 73.8 Å². The zero-order valence-electron chi connectivity index (χ0n) is 9.01. The Kier molecular flexibility index (Phi) is 3.16. The van der Waals surface area contributed by atoms with E-state index in [1.165, 1.54) is 6.33 Å². The number of nitrogens with zero attached hydrogens (tertiary/aromatic N) is 2. The van der Waals surface area contributed by atoms with Gasteiger partial charge in [-0.25, -0.2) is 4.98 Å². The van der Waals surface area contributed by atoms with E-state index in [1.807, 2.05) is 25.1 Å². The van der Waals surface area contributed by atoms with Crippen LogP contribution >= 0.6 is 0 Å². The van der Waals surface area contributed by atoms with E-state index in [4.69, 9.17) is 0 Å². The summed E-state index contributed by atoms with van der Waals surface area (Å²) >= 11 is 0. The number of aromatic hydroxyl groups is 1. The van der Waals surface area contributed by atoms with Crippen LogP contribution in [0.25, 0.3) is 0 Å². The van der Waals surface area contributed by atoms with Crippen LogP contribution in [0.3, 0.4) is 0 Å². The summed E-state index contributed by atoms with van der Waals surface area (Å²) in [5, 5.41) is 19.4. The Bertz CT molecular complexity index is 441. The van der Waals surface area contributed by atoms with Gasteiger partial charge in [0.2, 0.25) is 0 Å². The second kappa shape index (κ2) is 4.76. The summed E-state index contributed by atoms with van der Waals surface area (Å²) in [6.45, 7) is 2.58. The fraction of sp³-hybridized carbons (Fsp3) is 0.273. The van der Waals surface area contributed by atoms with Crippen LogP contribution in [0, 0.1) is 0 Å². The molecule has 0 fully saturated rings. The van der Waals surface area contributed by atoms with Gasteiger partial charge in [0, 0.05) is 11.6 Å². The van der Waals surface area contributed by atoms with E-state index in [0.29, 0.717) is 12.3 Å². The lowest BCUT2D eigenvalue weighted by Gasteiger charge is -2.14. The maximum absolute atomic E-state index is 9.66. The molecule has 1 heterocycles. The van der Waals surface area contributed by atoms with Crippen LogP contribution in [0.2, 0.25) is 0 Å². The molecule has 0 saturated carbocycles. The first-order chi connectivity index (χ1) is 7.77. The average molecular weight is 218 g/mol. The predicted octanol–water partition coefficient (Wildman–Crippen LogP) is 1.36. The van der Waals surface area contributed by atoms with Crippen molar-refractivity contribution in [1.29, 1.82) is 0 Å². The third-order valence-corrected chi connectivity index (χ3v) is 2.44. The second-order valence-electron chi connectivity index (χ2n) is 3.59. The van der Waals surface area contributed by atoms with Crippen LogP contribution in [0.15, 0.2) is 30.6 Å². The Morgan fingerprint density at radius 3 is 2.94 bits per heavy atom. The molecule has 0 amide bonds. The molecule has 0 saturated heterocycles. The lowest BCUT2D eigenvalue weighted by molar-refractivity contribution is 0.451. The lowest BCUT2D eigenvalue weighted by Crippen LogP contribution is -2.18. The first-order valence-electron chi connectivity index (χ1n) is 5.13. The minimum Gasteiger partial charge on any atom is -0.508 e. The molecule has 16 heavy (non-hydrogen) atoms. The van der Waals surface area contributed by atoms with Gasteiger partial charge in [-0.05, 0) is 13.0 Å². The minimum absolute atomic E-state index is 0.0614. The van der Waals surface area contributed by atoms with Gasteiger partial charge >= 0.3 is 0 Å². The number of aromatic nitrogens is 3. The normalized spacial score (nSPS) is 12.6. The minimum atomic E-state index is 0.0614. The molecule has 1 aromatic carbocycles. The SMILES string of the molecule is CC(NCc1ncn[nH]1)c1ccccc1O. The van der Waals surface area contributed by atoms with Crippen molar-refractivity contribution in [3.63, 3.8) is 0 Å². The largest absolute Gasteiger partial charge is 0.508 e. The number of rotatable bonds is 4. The van der Waals surface area contributed by atoms with Crippen LogP contribution in [0.4, 0.5) is 0 Å². The number of hydrogen-bond donors (Lipinski definition) is 3. The standard InChI is InChI=1S/C11H14N4O/c1-8(9-4-2-3-5-10(9)16)12-6-11-13-7-14-15-11/h2-5,7-8,12,16H,6H2,1H3,(H,13,14,15). The molecule has 0 aliphatic carbocycles. The molecule has 2 aromatic rings. The van der Waals surface area contributed by atoms with Crippen LogP contribution < -0.4 is 5.32 Å². The Hall–Kier alpha value is -1.88. The molecule has 1 aromatic heterocycles. The van der Waals surface area contributed by atoms with Crippen molar-refractivity contribution < 1.29 is 5.11 Å². The highest BCUT2D eigenvalue weighted by molar-refractivity contribution is 5.34. The quantitative estimate of drug-likeness (QED) is 0.724. The van der Waals surface area contributed by atoms with E-state index in [-0.39, 0.29) is 6.04 Å². The first-order valence-corrected chi connectivity index (χ1v) is 5.13. The molecule has 0 aliphatic rings. The molecule has 84 valence electrons. The van der Waals surface area contributed by atoms with Crippen molar-refractivity contribution in [2.75, 3.05) is 0 Å². The molecule has 1 unspecified atom stereocenters. The van der Waals surface area contributed by atoms with Gasteiger partial charge in [-0.15, -0.1) is 0 Å². The number of aromatic amines is 1. The Balaban J connectivity index is 1.98. The predicted molar refractivity (Wildman–Crippen MR) is 59.7 cm³/mol.